The second-order valence-corrected chi connectivity index (χ2v) is 5.78. The third-order valence-corrected chi connectivity index (χ3v) is 2.48. The number of hydrogen-bond acceptors (Lipinski definition) is 4. The number of carbonyl (C=O) groups excluding carboxylic acids is 1. The highest BCUT2D eigenvalue weighted by Crippen LogP contribution is 2.22. The van der Waals surface area contributed by atoms with Crippen molar-refractivity contribution in [3.63, 3.8) is 0 Å². The van der Waals surface area contributed by atoms with Gasteiger partial charge >= 0.3 is 12.1 Å². The van der Waals surface area contributed by atoms with Gasteiger partial charge in [-0.25, -0.2) is 14.6 Å². The zero-order valence-electron chi connectivity index (χ0n) is 11.1. The van der Waals surface area contributed by atoms with Crippen molar-refractivity contribution in [1.82, 2.24) is 4.98 Å². The summed E-state index contributed by atoms with van der Waals surface area (Å²) >= 11 is 3.14. The van der Waals surface area contributed by atoms with Gasteiger partial charge in [0.2, 0.25) is 0 Å². The van der Waals surface area contributed by atoms with Crippen LogP contribution in [0.15, 0.2) is 16.7 Å². The van der Waals surface area contributed by atoms with Crippen LogP contribution < -0.4 is 4.90 Å². The third-order valence-electron chi connectivity index (χ3n) is 2.05. The molecule has 1 amide bonds. The maximum absolute atomic E-state index is 11.9. The van der Waals surface area contributed by atoms with E-state index in [1.165, 1.54) is 19.3 Å². The van der Waals surface area contributed by atoms with Crippen LogP contribution in [-0.2, 0) is 4.74 Å². The molecule has 0 aromatic carbocycles. The molecule has 1 aromatic heterocycles. The number of aromatic carboxylic acids is 1. The van der Waals surface area contributed by atoms with Crippen LogP contribution in [0, 0.1) is 0 Å². The van der Waals surface area contributed by atoms with Gasteiger partial charge in [-0.3, -0.25) is 4.90 Å². The minimum atomic E-state index is -1.17. The van der Waals surface area contributed by atoms with Gasteiger partial charge in [-0.15, -0.1) is 0 Å². The number of pyridine rings is 1. The smallest absolute Gasteiger partial charge is 0.415 e. The molecule has 0 spiro atoms. The highest BCUT2D eigenvalue weighted by atomic mass is 79.9. The quantitative estimate of drug-likeness (QED) is 0.901. The van der Waals surface area contributed by atoms with E-state index in [-0.39, 0.29) is 11.4 Å². The molecule has 0 aliphatic carbocycles. The molecule has 1 N–H and O–H groups in total. The number of ether oxygens (including phenoxy) is 1. The molecule has 0 saturated carbocycles. The summed E-state index contributed by atoms with van der Waals surface area (Å²) in [4.78, 5) is 28.0. The van der Waals surface area contributed by atoms with Gasteiger partial charge in [0.15, 0.2) is 5.82 Å². The summed E-state index contributed by atoms with van der Waals surface area (Å²) in [6.45, 7) is 5.18. The molecule has 19 heavy (non-hydrogen) atoms. The normalized spacial score (nSPS) is 11.0. The average Bonchev–Trinajstić information content (AvgIpc) is 2.25. The van der Waals surface area contributed by atoms with E-state index in [0.29, 0.717) is 4.47 Å². The van der Waals surface area contributed by atoms with Crippen molar-refractivity contribution in [2.24, 2.45) is 0 Å². The number of aromatic nitrogens is 1. The summed E-state index contributed by atoms with van der Waals surface area (Å²) in [5, 5.41) is 9.11. The van der Waals surface area contributed by atoms with E-state index in [2.05, 4.69) is 20.9 Å². The molecule has 0 aliphatic rings. The Labute approximate surface area is 119 Å². The Hall–Kier alpha value is -1.63. The van der Waals surface area contributed by atoms with Gasteiger partial charge < -0.3 is 9.84 Å². The molecule has 6 nitrogen and oxygen atoms in total. The lowest BCUT2D eigenvalue weighted by atomic mass is 10.2. The number of carbonyl (C=O) groups is 2. The van der Waals surface area contributed by atoms with Gasteiger partial charge in [0.05, 0.1) is 0 Å². The molecule has 0 unspecified atom stereocenters. The fraction of sp³-hybridized carbons (Fsp3) is 0.417. The Morgan fingerprint density at radius 1 is 1.42 bits per heavy atom. The Morgan fingerprint density at radius 2 is 2.00 bits per heavy atom. The fourth-order valence-electron chi connectivity index (χ4n) is 1.27. The molecule has 1 heterocycles. The standard InChI is InChI=1S/C12H15BrN2O4/c1-12(2,3)19-11(18)15(4)9-8(10(16)17)5-7(13)6-14-9/h5-6H,1-4H3,(H,16,17). The Kier molecular flexibility index (Phi) is 4.52. The lowest BCUT2D eigenvalue weighted by molar-refractivity contribution is 0.0588. The molecule has 0 radical (unpaired) electrons. The summed E-state index contributed by atoms with van der Waals surface area (Å²) in [5.74, 6) is -1.14. The predicted molar refractivity (Wildman–Crippen MR) is 73.5 cm³/mol. The summed E-state index contributed by atoms with van der Waals surface area (Å²) in [6.07, 6.45) is 0.757. The summed E-state index contributed by atoms with van der Waals surface area (Å²) < 4.78 is 5.68. The van der Waals surface area contributed by atoms with Gasteiger partial charge in [-0.05, 0) is 42.8 Å². The lowest BCUT2D eigenvalue weighted by Gasteiger charge is -2.24. The molecule has 7 heteroatoms. The highest BCUT2D eigenvalue weighted by molar-refractivity contribution is 9.10. The van der Waals surface area contributed by atoms with Crippen molar-refractivity contribution in [2.45, 2.75) is 26.4 Å². The van der Waals surface area contributed by atoms with Gasteiger partial charge in [0.1, 0.15) is 11.2 Å². The van der Waals surface area contributed by atoms with Gasteiger partial charge in [0, 0.05) is 17.7 Å². The first-order valence-corrected chi connectivity index (χ1v) is 6.26. The monoisotopic (exact) mass is 330 g/mol. The van der Waals surface area contributed by atoms with E-state index in [9.17, 15) is 9.59 Å². The second kappa shape index (κ2) is 5.56. The maximum Gasteiger partial charge on any atom is 0.415 e. The van der Waals surface area contributed by atoms with Gasteiger partial charge in [-0.1, -0.05) is 0 Å². The van der Waals surface area contributed by atoms with Crippen LogP contribution in [0.3, 0.4) is 0 Å². The van der Waals surface area contributed by atoms with E-state index in [1.807, 2.05) is 0 Å². The Morgan fingerprint density at radius 3 is 2.47 bits per heavy atom. The van der Waals surface area contributed by atoms with Crippen LogP contribution in [0.2, 0.25) is 0 Å². The van der Waals surface area contributed by atoms with Crippen molar-refractivity contribution in [3.05, 3.63) is 22.3 Å². The van der Waals surface area contributed by atoms with Crippen molar-refractivity contribution in [2.75, 3.05) is 11.9 Å². The molecule has 0 saturated heterocycles. The fourth-order valence-corrected chi connectivity index (χ4v) is 1.60. The second-order valence-electron chi connectivity index (χ2n) is 4.87. The predicted octanol–water partition coefficient (Wildman–Crippen LogP) is 2.91. The van der Waals surface area contributed by atoms with E-state index in [4.69, 9.17) is 9.84 Å². The largest absolute Gasteiger partial charge is 0.478 e. The van der Waals surface area contributed by atoms with Gasteiger partial charge in [0.25, 0.3) is 0 Å². The molecule has 0 aliphatic heterocycles. The van der Waals surface area contributed by atoms with E-state index >= 15 is 0 Å². The van der Waals surface area contributed by atoms with Crippen LogP contribution in [0.1, 0.15) is 31.1 Å². The van der Waals surface area contributed by atoms with E-state index in [1.54, 1.807) is 20.8 Å². The molecule has 1 rings (SSSR count). The lowest BCUT2D eigenvalue weighted by Crippen LogP contribution is -2.35. The summed E-state index contributed by atoms with van der Waals surface area (Å²) in [5.41, 5.74) is -0.743. The van der Waals surface area contributed by atoms with Crippen LogP contribution in [-0.4, -0.2) is 34.8 Å². The zero-order chi connectivity index (χ0) is 14.8. The first-order valence-electron chi connectivity index (χ1n) is 5.47. The van der Waals surface area contributed by atoms with Crippen LogP contribution in [0.5, 0.6) is 0 Å². The number of hydrogen-bond donors (Lipinski definition) is 1. The van der Waals surface area contributed by atoms with Crippen LogP contribution >= 0.6 is 15.9 Å². The number of carboxylic acid groups (broad SMARTS) is 1. The maximum atomic E-state index is 11.9. The number of rotatable bonds is 2. The third kappa shape index (κ3) is 4.20. The summed E-state index contributed by atoms with van der Waals surface area (Å²) in [6, 6.07) is 1.38. The first kappa shape index (κ1) is 15.4. The number of anilines is 1. The molecule has 1 aromatic rings. The van der Waals surface area contributed by atoms with Crippen LogP contribution in [0.4, 0.5) is 10.6 Å². The SMILES string of the molecule is CN(C(=O)OC(C)(C)C)c1ncc(Br)cc1C(=O)O. The molecule has 104 valence electrons. The minimum Gasteiger partial charge on any atom is -0.478 e. The van der Waals surface area contributed by atoms with Crippen molar-refractivity contribution in [3.8, 4) is 0 Å². The van der Waals surface area contributed by atoms with Gasteiger partial charge in [-0.2, -0.15) is 0 Å². The molecule has 0 fully saturated rings. The van der Waals surface area contributed by atoms with E-state index in [0.717, 1.165) is 4.90 Å². The number of nitrogens with zero attached hydrogens (tertiary/aromatic N) is 2. The summed E-state index contributed by atoms with van der Waals surface area (Å²) in [7, 11) is 1.41. The number of halogens is 1. The van der Waals surface area contributed by atoms with Crippen molar-refractivity contribution >= 4 is 33.8 Å². The number of amides is 1. The molecular weight excluding hydrogens is 316 g/mol. The molecule has 0 atom stereocenters. The minimum absolute atomic E-state index is 0.0324. The van der Waals surface area contributed by atoms with Crippen molar-refractivity contribution < 1.29 is 19.4 Å². The zero-order valence-corrected chi connectivity index (χ0v) is 12.7. The Balaban J connectivity index is 3.09. The number of carboxylic acids is 1. The average molecular weight is 331 g/mol. The molecular formula is C12H15BrN2O4. The topological polar surface area (TPSA) is 79.7 Å². The van der Waals surface area contributed by atoms with E-state index < -0.39 is 17.7 Å². The highest BCUT2D eigenvalue weighted by Gasteiger charge is 2.25. The molecule has 0 bridgehead atoms. The first-order chi connectivity index (χ1) is 8.61. The van der Waals surface area contributed by atoms with Crippen molar-refractivity contribution in [1.29, 1.82) is 0 Å². The van der Waals surface area contributed by atoms with Crippen LogP contribution in [0.25, 0.3) is 0 Å². The Bertz CT molecular complexity index is 511.